The van der Waals surface area contributed by atoms with Crippen LogP contribution in [0.25, 0.3) is 0 Å². The van der Waals surface area contributed by atoms with Crippen LogP contribution in [-0.4, -0.2) is 28.0 Å². The zero-order chi connectivity index (χ0) is 15.9. The number of thiophene rings is 1. The quantitative estimate of drug-likeness (QED) is 0.685. The molecule has 0 N–H and O–H groups in total. The molecule has 3 nitrogen and oxygen atoms in total. The second-order valence-corrected chi connectivity index (χ2v) is 8.43. The van der Waals surface area contributed by atoms with Gasteiger partial charge in [-0.15, -0.1) is 11.3 Å². The van der Waals surface area contributed by atoms with E-state index in [1.54, 1.807) is 11.3 Å². The lowest BCUT2D eigenvalue weighted by molar-refractivity contribution is 0.264. The molecule has 1 aliphatic rings. The Hall–Kier alpha value is -1.28. The van der Waals surface area contributed by atoms with Gasteiger partial charge >= 0.3 is 0 Å². The van der Waals surface area contributed by atoms with Crippen LogP contribution in [0.3, 0.4) is 0 Å². The summed E-state index contributed by atoms with van der Waals surface area (Å²) >= 11 is 7.94. The summed E-state index contributed by atoms with van der Waals surface area (Å²) in [4.78, 5) is 8.14. The van der Waals surface area contributed by atoms with Crippen molar-refractivity contribution in [1.29, 1.82) is 0 Å². The third kappa shape index (κ3) is 3.22. The molecule has 0 saturated carbocycles. The first-order valence-electron chi connectivity index (χ1n) is 7.39. The van der Waals surface area contributed by atoms with Gasteiger partial charge in [-0.25, -0.2) is 4.98 Å². The molecular formula is C17H20ClN3S. The van der Waals surface area contributed by atoms with Crippen LogP contribution in [0, 0.1) is 11.8 Å². The van der Waals surface area contributed by atoms with E-state index in [0.29, 0.717) is 0 Å². The molecule has 0 amide bonds. The standard InChI is InChI=1S/C17H20ClN3S/c1-17(2,3)14-9-12(16(18)22-14)5-6-13-10-21-8-7-20(4)11-15(21)19-13/h9-10H,7-8,11H2,1-4H3. The van der Waals surface area contributed by atoms with E-state index in [1.165, 1.54) is 4.88 Å². The first-order valence-corrected chi connectivity index (χ1v) is 8.59. The first kappa shape index (κ1) is 15.6. The summed E-state index contributed by atoms with van der Waals surface area (Å²) in [6, 6.07) is 2.10. The Bertz CT molecular complexity index is 755. The second kappa shape index (κ2) is 5.73. The number of aromatic nitrogens is 2. The van der Waals surface area contributed by atoms with Crippen LogP contribution in [0.2, 0.25) is 4.34 Å². The van der Waals surface area contributed by atoms with Crippen LogP contribution in [0.1, 0.15) is 42.7 Å². The summed E-state index contributed by atoms with van der Waals surface area (Å²) in [5.74, 6) is 7.43. The maximum atomic E-state index is 6.32. The van der Waals surface area contributed by atoms with Gasteiger partial charge in [-0.3, -0.25) is 4.90 Å². The number of fused-ring (bicyclic) bond motifs is 1. The Morgan fingerprint density at radius 1 is 1.27 bits per heavy atom. The van der Waals surface area contributed by atoms with E-state index < -0.39 is 0 Å². The van der Waals surface area contributed by atoms with Crippen LogP contribution in [0.4, 0.5) is 0 Å². The van der Waals surface area contributed by atoms with Gasteiger partial charge in [-0.2, -0.15) is 0 Å². The number of nitrogens with zero attached hydrogens (tertiary/aromatic N) is 3. The number of hydrogen-bond donors (Lipinski definition) is 0. The molecule has 1 aliphatic heterocycles. The summed E-state index contributed by atoms with van der Waals surface area (Å²) in [6.07, 6.45) is 2.04. The van der Waals surface area contributed by atoms with Crippen molar-refractivity contribution in [3.63, 3.8) is 0 Å². The van der Waals surface area contributed by atoms with Gasteiger partial charge in [0.1, 0.15) is 15.9 Å². The third-order valence-corrected chi connectivity index (χ3v) is 5.53. The van der Waals surface area contributed by atoms with E-state index in [0.717, 1.165) is 41.1 Å². The maximum absolute atomic E-state index is 6.32. The average Bonchev–Trinajstić information content (AvgIpc) is 2.98. The van der Waals surface area contributed by atoms with Crippen molar-refractivity contribution in [2.75, 3.05) is 13.6 Å². The Labute approximate surface area is 140 Å². The molecule has 0 saturated heterocycles. The lowest BCUT2D eigenvalue weighted by Crippen LogP contribution is -2.30. The molecule has 0 aliphatic carbocycles. The van der Waals surface area contributed by atoms with Crippen molar-refractivity contribution in [3.05, 3.63) is 38.6 Å². The van der Waals surface area contributed by atoms with Crippen LogP contribution in [0.15, 0.2) is 12.3 Å². The average molecular weight is 334 g/mol. The van der Waals surface area contributed by atoms with E-state index >= 15 is 0 Å². The lowest BCUT2D eigenvalue weighted by atomic mass is 9.94. The summed E-state index contributed by atoms with van der Waals surface area (Å²) in [7, 11) is 2.11. The normalized spacial score (nSPS) is 15.3. The summed E-state index contributed by atoms with van der Waals surface area (Å²) < 4.78 is 2.96. The second-order valence-electron chi connectivity index (χ2n) is 6.77. The molecular weight excluding hydrogens is 314 g/mol. The van der Waals surface area contributed by atoms with Gasteiger partial charge in [-0.1, -0.05) is 38.3 Å². The minimum Gasteiger partial charge on any atom is -0.331 e. The molecule has 0 spiro atoms. The predicted octanol–water partition coefficient (Wildman–Crippen LogP) is 3.74. The highest BCUT2D eigenvalue weighted by Gasteiger charge is 2.18. The number of likely N-dealkylation sites (N-methyl/N-ethyl adjacent to an activating group) is 1. The fourth-order valence-corrected chi connectivity index (χ4v) is 3.64. The summed E-state index contributed by atoms with van der Waals surface area (Å²) in [5, 5.41) is 0. The van der Waals surface area contributed by atoms with Gasteiger partial charge in [0.2, 0.25) is 0 Å². The topological polar surface area (TPSA) is 21.1 Å². The van der Waals surface area contributed by atoms with E-state index in [-0.39, 0.29) is 5.41 Å². The van der Waals surface area contributed by atoms with Crippen LogP contribution in [0.5, 0.6) is 0 Å². The number of rotatable bonds is 0. The third-order valence-electron chi connectivity index (χ3n) is 3.74. The monoisotopic (exact) mass is 333 g/mol. The van der Waals surface area contributed by atoms with Gasteiger partial charge in [0.05, 0.1) is 12.1 Å². The molecule has 0 bridgehead atoms. The maximum Gasteiger partial charge on any atom is 0.131 e. The van der Waals surface area contributed by atoms with Gasteiger partial charge in [0.15, 0.2) is 0 Å². The minimum atomic E-state index is 0.103. The molecule has 0 aromatic carbocycles. The highest BCUT2D eigenvalue weighted by Crippen LogP contribution is 2.35. The molecule has 3 rings (SSSR count). The molecule has 5 heteroatoms. The molecule has 116 valence electrons. The van der Waals surface area contributed by atoms with Crippen molar-refractivity contribution in [2.45, 2.75) is 39.3 Å². The van der Waals surface area contributed by atoms with Gasteiger partial charge in [0.25, 0.3) is 0 Å². The minimum absolute atomic E-state index is 0.103. The van der Waals surface area contributed by atoms with Gasteiger partial charge in [0, 0.05) is 24.2 Å². The van der Waals surface area contributed by atoms with Crippen molar-refractivity contribution in [3.8, 4) is 11.8 Å². The molecule has 22 heavy (non-hydrogen) atoms. The number of imidazole rings is 1. The van der Waals surface area contributed by atoms with Crippen molar-refractivity contribution < 1.29 is 0 Å². The largest absolute Gasteiger partial charge is 0.331 e. The molecule has 2 aromatic rings. The van der Waals surface area contributed by atoms with Crippen molar-refractivity contribution in [1.82, 2.24) is 14.5 Å². The Balaban J connectivity index is 1.86. The Morgan fingerprint density at radius 2 is 2.05 bits per heavy atom. The van der Waals surface area contributed by atoms with E-state index in [9.17, 15) is 0 Å². The van der Waals surface area contributed by atoms with E-state index in [1.807, 2.05) is 6.20 Å². The Morgan fingerprint density at radius 3 is 2.73 bits per heavy atom. The summed E-state index contributed by atoms with van der Waals surface area (Å²) in [6.45, 7) is 9.48. The molecule has 2 aromatic heterocycles. The SMILES string of the molecule is CN1CCn2cc(C#Cc3cc(C(C)(C)C)sc3Cl)nc2C1. The highest BCUT2D eigenvalue weighted by atomic mass is 35.5. The van der Waals surface area contributed by atoms with Crippen LogP contribution >= 0.6 is 22.9 Å². The molecule has 0 radical (unpaired) electrons. The fourth-order valence-electron chi connectivity index (χ4n) is 2.39. The molecule has 0 unspecified atom stereocenters. The number of halogens is 1. The smallest absolute Gasteiger partial charge is 0.131 e. The molecule has 0 fully saturated rings. The van der Waals surface area contributed by atoms with Gasteiger partial charge < -0.3 is 4.57 Å². The van der Waals surface area contributed by atoms with E-state index in [2.05, 4.69) is 60.2 Å². The zero-order valence-corrected chi connectivity index (χ0v) is 15.0. The first-order chi connectivity index (χ1) is 10.3. The van der Waals surface area contributed by atoms with Crippen LogP contribution < -0.4 is 0 Å². The lowest BCUT2D eigenvalue weighted by Gasteiger charge is -2.22. The molecule has 3 heterocycles. The highest BCUT2D eigenvalue weighted by molar-refractivity contribution is 7.16. The number of hydrogen-bond acceptors (Lipinski definition) is 3. The zero-order valence-electron chi connectivity index (χ0n) is 13.4. The fraction of sp³-hybridized carbons (Fsp3) is 0.471. The van der Waals surface area contributed by atoms with E-state index in [4.69, 9.17) is 11.6 Å². The Kier molecular flexibility index (Phi) is 4.07. The predicted molar refractivity (Wildman–Crippen MR) is 92.6 cm³/mol. The van der Waals surface area contributed by atoms with Gasteiger partial charge in [-0.05, 0) is 24.4 Å². The van der Waals surface area contributed by atoms with Crippen LogP contribution in [-0.2, 0) is 18.5 Å². The summed E-state index contributed by atoms with van der Waals surface area (Å²) in [5.41, 5.74) is 1.83. The molecule has 0 atom stereocenters. The van der Waals surface area contributed by atoms with Crippen molar-refractivity contribution >= 4 is 22.9 Å². The van der Waals surface area contributed by atoms with Crippen molar-refractivity contribution in [2.24, 2.45) is 0 Å².